The van der Waals surface area contributed by atoms with Crippen LogP contribution in [-0.2, 0) is 4.79 Å². The molecule has 0 aliphatic carbocycles. The lowest BCUT2D eigenvalue weighted by Crippen LogP contribution is -2.27. The van der Waals surface area contributed by atoms with Crippen molar-refractivity contribution in [2.75, 3.05) is 11.9 Å². The number of carbonyl (C=O) groups is 2. The zero-order valence-corrected chi connectivity index (χ0v) is 14.3. The van der Waals surface area contributed by atoms with E-state index in [0.29, 0.717) is 18.0 Å². The second kappa shape index (κ2) is 8.48. The van der Waals surface area contributed by atoms with Crippen molar-refractivity contribution in [3.05, 3.63) is 52.2 Å². The van der Waals surface area contributed by atoms with Gasteiger partial charge in [0.1, 0.15) is 0 Å². The molecule has 122 valence electrons. The van der Waals surface area contributed by atoms with Crippen molar-refractivity contribution in [3.8, 4) is 0 Å². The summed E-state index contributed by atoms with van der Waals surface area (Å²) >= 11 is 1.48. The van der Waals surface area contributed by atoms with Crippen LogP contribution in [0, 0.1) is 0 Å². The van der Waals surface area contributed by atoms with Crippen molar-refractivity contribution in [1.82, 2.24) is 5.32 Å². The lowest BCUT2D eigenvalue weighted by atomic mass is 9.97. The molecule has 0 spiro atoms. The van der Waals surface area contributed by atoms with Crippen molar-refractivity contribution in [3.63, 3.8) is 0 Å². The van der Waals surface area contributed by atoms with Gasteiger partial charge in [-0.3, -0.25) is 9.59 Å². The Morgan fingerprint density at radius 2 is 2.00 bits per heavy atom. The molecule has 1 aromatic carbocycles. The zero-order valence-electron chi connectivity index (χ0n) is 13.5. The van der Waals surface area contributed by atoms with E-state index in [9.17, 15) is 9.59 Å². The normalized spacial score (nSPS) is 11.7. The predicted molar refractivity (Wildman–Crippen MR) is 95.0 cm³/mol. The van der Waals surface area contributed by atoms with Gasteiger partial charge in [-0.05, 0) is 35.4 Å². The van der Waals surface area contributed by atoms with Crippen LogP contribution < -0.4 is 10.6 Å². The van der Waals surface area contributed by atoms with Gasteiger partial charge in [-0.2, -0.15) is 11.3 Å². The predicted octanol–water partition coefficient (Wildman–Crippen LogP) is 4.02. The van der Waals surface area contributed by atoms with E-state index in [0.717, 1.165) is 17.7 Å². The van der Waals surface area contributed by atoms with Crippen LogP contribution in [0.1, 0.15) is 48.5 Å². The lowest BCUT2D eigenvalue weighted by Gasteiger charge is -2.15. The fourth-order valence-corrected chi connectivity index (χ4v) is 2.89. The zero-order chi connectivity index (χ0) is 16.7. The monoisotopic (exact) mass is 330 g/mol. The average molecular weight is 330 g/mol. The van der Waals surface area contributed by atoms with Gasteiger partial charge in [-0.1, -0.05) is 32.0 Å². The van der Waals surface area contributed by atoms with Gasteiger partial charge in [0.2, 0.25) is 5.91 Å². The first-order valence-electron chi connectivity index (χ1n) is 7.81. The number of carbonyl (C=O) groups excluding carboxylic acids is 2. The van der Waals surface area contributed by atoms with Gasteiger partial charge in [0, 0.05) is 29.6 Å². The fraction of sp³-hybridized carbons (Fsp3) is 0.333. The second-order valence-electron chi connectivity index (χ2n) is 5.46. The van der Waals surface area contributed by atoms with Crippen molar-refractivity contribution in [1.29, 1.82) is 0 Å². The lowest BCUT2D eigenvalue weighted by molar-refractivity contribution is -0.116. The summed E-state index contributed by atoms with van der Waals surface area (Å²) in [5.74, 6) is 0.162. The van der Waals surface area contributed by atoms with Gasteiger partial charge < -0.3 is 10.6 Å². The highest BCUT2D eigenvalue weighted by atomic mass is 32.1. The molecule has 0 bridgehead atoms. The average Bonchev–Trinajstić information content (AvgIpc) is 3.09. The highest BCUT2D eigenvalue weighted by Gasteiger charge is 2.11. The topological polar surface area (TPSA) is 58.2 Å². The summed E-state index contributed by atoms with van der Waals surface area (Å²) in [5.41, 5.74) is 2.64. The maximum Gasteiger partial charge on any atom is 0.252 e. The summed E-state index contributed by atoms with van der Waals surface area (Å²) in [5, 5.41) is 9.35. The molecule has 23 heavy (non-hydrogen) atoms. The fourth-order valence-electron chi connectivity index (χ4n) is 2.26. The number of anilines is 1. The number of thiophene rings is 1. The summed E-state index contributed by atoms with van der Waals surface area (Å²) in [7, 11) is 0. The number of hydrogen-bond acceptors (Lipinski definition) is 3. The molecule has 0 aliphatic heterocycles. The van der Waals surface area contributed by atoms with Crippen molar-refractivity contribution >= 4 is 28.8 Å². The number of rotatable bonds is 7. The maximum absolute atomic E-state index is 12.1. The molecule has 5 heteroatoms. The Morgan fingerprint density at radius 1 is 1.22 bits per heavy atom. The van der Waals surface area contributed by atoms with Crippen molar-refractivity contribution in [2.24, 2.45) is 0 Å². The number of hydrogen-bond donors (Lipinski definition) is 2. The molecule has 0 saturated carbocycles. The van der Waals surface area contributed by atoms with Crippen LogP contribution in [0.5, 0.6) is 0 Å². The maximum atomic E-state index is 12.1. The SMILES string of the molecule is CCC(C)c1ccccc1NC(=O)CCNC(=O)c1ccsc1. The molecule has 0 saturated heterocycles. The van der Waals surface area contributed by atoms with Gasteiger partial charge in [0.25, 0.3) is 5.91 Å². The van der Waals surface area contributed by atoms with E-state index in [-0.39, 0.29) is 18.2 Å². The Labute approximate surface area is 140 Å². The van der Waals surface area contributed by atoms with E-state index in [4.69, 9.17) is 0 Å². The van der Waals surface area contributed by atoms with Crippen LogP contribution in [-0.4, -0.2) is 18.4 Å². The minimum absolute atomic E-state index is 0.0913. The Kier molecular flexibility index (Phi) is 6.35. The first-order valence-corrected chi connectivity index (χ1v) is 8.75. The molecule has 1 aromatic heterocycles. The summed E-state index contributed by atoms with van der Waals surface area (Å²) in [6.07, 6.45) is 1.27. The minimum atomic E-state index is -0.140. The third-order valence-corrected chi connectivity index (χ3v) is 4.48. The standard InChI is InChI=1S/C18H22N2O2S/c1-3-13(2)15-6-4-5-7-16(15)20-17(21)8-10-19-18(22)14-9-11-23-12-14/h4-7,9,11-13H,3,8,10H2,1-2H3,(H,19,22)(H,20,21). The molecule has 2 amide bonds. The smallest absolute Gasteiger partial charge is 0.252 e. The Hall–Kier alpha value is -2.14. The van der Waals surface area contributed by atoms with Crippen LogP contribution in [0.2, 0.25) is 0 Å². The molecule has 1 heterocycles. The van der Waals surface area contributed by atoms with E-state index >= 15 is 0 Å². The van der Waals surface area contributed by atoms with Gasteiger partial charge >= 0.3 is 0 Å². The third-order valence-electron chi connectivity index (χ3n) is 3.80. The number of amides is 2. The van der Waals surface area contributed by atoms with Gasteiger partial charge in [-0.15, -0.1) is 0 Å². The van der Waals surface area contributed by atoms with Crippen LogP contribution in [0.25, 0.3) is 0 Å². The molecule has 4 nitrogen and oxygen atoms in total. The number of para-hydroxylation sites is 1. The van der Waals surface area contributed by atoms with Crippen LogP contribution in [0.3, 0.4) is 0 Å². The quantitative estimate of drug-likeness (QED) is 0.805. The van der Waals surface area contributed by atoms with Gasteiger partial charge in [-0.25, -0.2) is 0 Å². The molecular weight excluding hydrogens is 308 g/mol. The van der Waals surface area contributed by atoms with E-state index in [1.807, 2.05) is 29.6 Å². The molecular formula is C18H22N2O2S. The Morgan fingerprint density at radius 3 is 2.70 bits per heavy atom. The van der Waals surface area contributed by atoms with Crippen LogP contribution in [0.15, 0.2) is 41.1 Å². The third kappa shape index (κ3) is 4.93. The highest BCUT2D eigenvalue weighted by Crippen LogP contribution is 2.26. The largest absolute Gasteiger partial charge is 0.351 e. The first kappa shape index (κ1) is 17.2. The van der Waals surface area contributed by atoms with Crippen molar-refractivity contribution in [2.45, 2.75) is 32.6 Å². The molecule has 2 aromatic rings. The Balaban J connectivity index is 1.84. The summed E-state index contributed by atoms with van der Waals surface area (Å²) in [6, 6.07) is 9.63. The second-order valence-corrected chi connectivity index (χ2v) is 6.24. The molecule has 1 unspecified atom stereocenters. The summed E-state index contributed by atoms with van der Waals surface area (Å²) < 4.78 is 0. The first-order chi connectivity index (χ1) is 11.1. The number of benzene rings is 1. The molecule has 1 atom stereocenters. The van der Waals surface area contributed by atoms with E-state index in [1.54, 1.807) is 11.4 Å². The molecule has 0 fully saturated rings. The van der Waals surface area contributed by atoms with Crippen molar-refractivity contribution < 1.29 is 9.59 Å². The van der Waals surface area contributed by atoms with Gasteiger partial charge in [0.15, 0.2) is 0 Å². The van der Waals surface area contributed by atoms with Crippen LogP contribution >= 0.6 is 11.3 Å². The molecule has 2 rings (SSSR count). The Bertz CT molecular complexity index is 653. The summed E-state index contributed by atoms with van der Waals surface area (Å²) in [4.78, 5) is 23.9. The van der Waals surface area contributed by atoms with Crippen LogP contribution in [0.4, 0.5) is 5.69 Å². The van der Waals surface area contributed by atoms with E-state index in [2.05, 4.69) is 24.5 Å². The highest BCUT2D eigenvalue weighted by molar-refractivity contribution is 7.08. The van der Waals surface area contributed by atoms with E-state index < -0.39 is 0 Å². The minimum Gasteiger partial charge on any atom is -0.351 e. The molecule has 0 radical (unpaired) electrons. The summed E-state index contributed by atoms with van der Waals surface area (Å²) in [6.45, 7) is 4.60. The van der Waals surface area contributed by atoms with Gasteiger partial charge in [0.05, 0.1) is 0 Å². The molecule has 2 N–H and O–H groups in total. The molecule has 0 aliphatic rings. The number of nitrogens with one attached hydrogen (secondary N) is 2. The van der Waals surface area contributed by atoms with E-state index in [1.165, 1.54) is 11.3 Å².